The van der Waals surface area contributed by atoms with Crippen LogP contribution in [-0.4, -0.2) is 17.7 Å². The van der Waals surface area contributed by atoms with E-state index >= 15 is 0 Å². The van der Waals surface area contributed by atoms with Gasteiger partial charge in [0.1, 0.15) is 22.8 Å². The van der Waals surface area contributed by atoms with Crippen molar-refractivity contribution in [3.8, 4) is 17.1 Å². The van der Waals surface area contributed by atoms with Crippen LogP contribution in [0.1, 0.15) is 23.0 Å². The van der Waals surface area contributed by atoms with Crippen molar-refractivity contribution in [1.29, 1.82) is 0 Å². The van der Waals surface area contributed by atoms with E-state index in [1.54, 1.807) is 44.2 Å². The summed E-state index contributed by atoms with van der Waals surface area (Å²) in [5.74, 6) is 0.738. The predicted molar refractivity (Wildman–Crippen MR) is 66.5 cm³/mol. The van der Waals surface area contributed by atoms with E-state index in [1.807, 2.05) is 0 Å². The first-order chi connectivity index (χ1) is 8.61. The number of aromatic hydroxyl groups is 1. The Labute approximate surface area is 105 Å². The van der Waals surface area contributed by atoms with Gasteiger partial charge in [0.2, 0.25) is 0 Å². The molecule has 94 valence electrons. The maximum atomic E-state index is 11.8. The second-order valence-corrected chi connectivity index (χ2v) is 3.87. The van der Waals surface area contributed by atoms with Gasteiger partial charge in [0.25, 0.3) is 0 Å². The molecule has 0 aliphatic rings. The van der Waals surface area contributed by atoms with Crippen molar-refractivity contribution in [3.05, 3.63) is 41.7 Å². The van der Waals surface area contributed by atoms with Gasteiger partial charge in [0, 0.05) is 5.56 Å². The summed E-state index contributed by atoms with van der Waals surface area (Å²) in [5, 5.41) is 9.46. The molecule has 0 amide bonds. The van der Waals surface area contributed by atoms with Crippen LogP contribution in [0.5, 0.6) is 5.75 Å². The highest BCUT2D eigenvalue weighted by molar-refractivity contribution is 5.96. The second kappa shape index (κ2) is 4.96. The lowest BCUT2D eigenvalue weighted by atomic mass is 10.1. The highest BCUT2D eigenvalue weighted by atomic mass is 16.5. The minimum absolute atomic E-state index is 0.122. The summed E-state index contributed by atoms with van der Waals surface area (Å²) in [4.78, 5) is 11.8. The Morgan fingerprint density at radius 2 is 2.17 bits per heavy atom. The SMILES string of the molecule is CCOC(=O)c1cc(C)oc1-c1cccc(O)c1. The molecule has 0 radical (unpaired) electrons. The van der Waals surface area contributed by atoms with Crippen molar-refractivity contribution in [2.75, 3.05) is 6.61 Å². The van der Waals surface area contributed by atoms with E-state index in [-0.39, 0.29) is 5.75 Å². The predicted octanol–water partition coefficient (Wildman–Crippen LogP) is 3.14. The summed E-state index contributed by atoms with van der Waals surface area (Å²) in [6.45, 7) is 3.82. The molecule has 18 heavy (non-hydrogen) atoms. The summed E-state index contributed by atoms with van der Waals surface area (Å²) in [6.07, 6.45) is 0. The third kappa shape index (κ3) is 2.37. The molecule has 0 saturated carbocycles. The molecule has 1 aromatic heterocycles. The first-order valence-electron chi connectivity index (χ1n) is 5.68. The standard InChI is InChI=1S/C14H14O4/c1-3-17-14(16)12-7-9(2)18-13(12)10-5-4-6-11(15)8-10/h4-8,15H,3H2,1-2H3. The summed E-state index contributed by atoms with van der Waals surface area (Å²) in [6, 6.07) is 8.19. The second-order valence-electron chi connectivity index (χ2n) is 3.87. The van der Waals surface area contributed by atoms with Gasteiger partial charge >= 0.3 is 5.97 Å². The summed E-state index contributed by atoms with van der Waals surface area (Å²) in [5.41, 5.74) is 1.02. The maximum absolute atomic E-state index is 11.8. The normalized spacial score (nSPS) is 10.3. The van der Waals surface area contributed by atoms with E-state index in [9.17, 15) is 9.90 Å². The molecule has 4 nitrogen and oxygen atoms in total. The number of carbonyl (C=O) groups excluding carboxylic acids is 1. The van der Waals surface area contributed by atoms with Gasteiger partial charge in [-0.1, -0.05) is 12.1 Å². The first kappa shape index (κ1) is 12.2. The number of furan rings is 1. The Balaban J connectivity index is 2.47. The molecule has 2 aromatic rings. The molecule has 1 aromatic carbocycles. The molecular formula is C14H14O4. The number of hydrogen-bond donors (Lipinski definition) is 1. The van der Waals surface area contributed by atoms with Gasteiger partial charge < -0.3 is 14.3 Å². The molecule has 0 aliphatic carbocycles. The number of rotatable bonds is 3. The highest BCUT2D eigenvalue weighted by Crippen LogP contribution is 2.29. The lowest BCUT2D eigenvalue weighted by molar-refractivity contribution is 0.0526. The van der Waals surface area contributed by atoms with Gasteiger partial charge in [-0.2, -0.15) is 0 Å². The minimum Gasteiger partial charge on any atom is -0.508 e. The zero-order valence-corrected chi connectivity index (χ0v) is 10.3. The minimum atomic E-state index is -0.423. The van der Waals surface area contributed by atoms with E-state index in [0.717, 1.165) is 0 Å². The van der Waals surface area contributed by atoms with E-state index in [1.165, 1.54) is 0 Å². The Morgan fingerprint density at radius 1 is 1.39 bits per heavy atom. The molecule has 4 heteroatoms. The van der Waals surface area contributed by atoms with Crippen molar-refractivity contribution >= 4 is 5.97 Å². The lowest BCUT2D eigenvalue weighted by Crippen LogP contribution is -2.04. The molecule has 0 fully saturated rings. The molecule has 2 rings (SSSR count). The molecule has 0 saturated heterocycles. The van der Waals surface area contributed by atoms with Crippen LogP contribution in [0, 0.1) is 6.92 Å². The van der Waals surface area contributed by atoms with Crippen molar-refractivity contribution < 1.29 is 19.1 Å². The van der Waals surface area contributed by atoms with Gasteiger partial charge in [-0.05, 0) is 32.0 Å². The summed E-state index contributed by atoms with van der Waals surface area (Å²) >= 11 is 0. The lowest BCUT2D eigenvalue weighted by Gasteiger charge is -2.03. The van der Waals surface area contributed by atoms with Crippen LogP contribution in [0.3, 0.4) is 0 Å². The average molecular weight is 246 g/mol. The van der Waals surface area contributed by atoms with Crippen molar-refractivity contribution in [3.63, 3.8) is 0 Å². The van der Waals surface area contributed by atoms with Crippen LogP contribution in [0.15, 0.2) is 34.7 Å². The van der Waals surface area contributed by atoms with Gasteiger partial charge in [-0.15, -0.1) is 0 Å². The van der Waals surface area contributed by atoms with Crippen LogP contribution in [0.2, 0.25) is 0 Å². The first-order valence-corrected chi connectivity index (χ1v) is 5.68. The van der Waals surface area contributed by atoms with Crippen LogP contribution in [-0.2, 0) is 4.74 Å². The van der Waals surface area contributed by atoms with Gasteiger partial charge in [0.15, 0.2) is 0 Å². The number of hydrogen-bond acceptors (Lipinski definition) is 4. The number of benzene rings is 1. The summed E-state index contributed by atoms with van der Waals surface area (Å²) < 4.78 is 10.5. The van der Waals surface area contributed by atoms with E-state index in [4.69, 9.17) is 9.15 Å². The molecule has 0 aliphatic heterocycles. The summed E-state index contributed by atoms with van der Waals surface area (Å²) in [7, 11) is 0. The molecule has 0 spiro atoms. The number of aryl methyl sites for hydroxylation is 1. The molecule has 1 N–H and O–H groups in total. The number of ether oxygens (including phenoxy) is 1. The fourth-order valence-corrected chi connectivity index (χ4v) is 1.74. The van der Waals surface area contributed by atoms with E-state index in [2.05, 4.69) is 0 Å². The van der Waals surface area contributed by atoms with Crippen LogP contribution < -0.4 is 0 Å². The molecule has 1 heterocycles. The van der Waals surface area contributed by atoms with Crippen LogP contribution in [0.4, 0.5) is 0 Å². The maximum Gasteiger partial charge on any atom is 0.342 e. The third-order valence-electron chi connectivity index (χ3n) is 2.46. The van der Waals surface area contributed by atoms with E-state index < -0.39 is 5.97 Å². The van der Waals surface area contributed by atoms with Gasteiger partial charge in [0.05, 0.1) is 6.61 Å². The average Bonchev–Trinajstić information content (AvgIpc) is 2.72. The Bertz CT molecular complexity index is 569. The van der Waals surface area contributed by atoms with E-state index in [0.29, 0.717) is 29.3 Å². The monoisotopic (exact) mass is 246 g/mol. The fraction of sp³-hybridized carbons (Fsp3) is 0.214. The fourth-order valence-electron chi connectivity index (χ4n) is 1.74. The Kier molecular flexibility index (Phi) is 3.37. The number of phenols is 1. The largest absolute Gasteiger partial charge is 0.508 e. The Morgan fingerprint density at radius 3 is 2.83 bits per heavy atom. The zero-order chi connectivity index (χ0) is 13.1. The van der Waals surface area contributed by atoms with Gasteiger partial charge in [-0.25, -0.2) is 4.79 Å². The number of phenolic OH excluding ortho intramolecular Hbond substituents is 1. The van der Waals surface area contributed by atoms with Crippen LogP contribution in [0.25, 0.3) is 11.3 Å². The zero-order valence-electron chi connectivity index (χ0n) is 10.3. The smallest absolute Gasteiger partial charge is 0.342 e. The quantitative estimate of drug-likeness (QED) is 0.845. The van der Waals surface area contributed by atoms with Crippen LogP contribution >= 0.6 is 0 Å². The number of esters is 1. The van der Waals surface area contributed by atoms with Crippen molar-refractivity contribution in [1.82, 2.24) is 0 Å². The number of carbonyl (C=O) groups is 1. The molecular weight excluding hydrogens is 232 g/mol. The Hall–Kier alpha value is -2.23. The topological polar surface area (TPSA) is 59.7 Å². The highest BCUT2D eigenvalue weighted by Gasteiger charge is 2.19. The van der Waals surface area contributed by atoms with Crippen molar-refractivity contribution in [2.45, 2.75) is 13.8 Å². The third-order valence-corrected chi connectivity index (χ3v) is 2.46. The van der Waals surface area contributed by atoms with Crippen molar-refractivity contribution in [2.24, 2.45) is 0 Å². The molecule has 0 atom stereocenters. The molecule has 0 bridgehead atoms. The molecule has 0 unspecified atom stereocenters. The van der Waals surface area contributed by atoms with Gasteiger partial charge in [-0.3, -0.25) is 0 Å².